The van der Waals surface area contributed by atoms with Crippen LogP contribution in [0.4, 0.5) is 5.69 Å². The summed E-state index contributed by atoms with van der Waals surface area (Å²) < 4.78 is 0. The molecule has 0 unspecified atom stereocenters. The van der Waals surface area contributed by atoms with Crippen LogP contribution in [0.2, 0.25) is 0 Å². The lowest BCUT2D eigenvalue weighted by atomic mass is 10.1. The van der Waals surface area contributed by atoms with Crippen LogP contribution >= 0.6 is 11.8 Å². The van der Waals surface area contributed by atoms with E-state index >= 15 is 0 Å². The first-order chi connectivity index (χ1) is 13.7. The van der Waals surface area contributed by atoms with Gasteiger partial charge in [0.2, 0.25) is 11.8 Å². The van der Waals surface area contributed by atoms with E-state index in [4.69, 9.17) is 0 Å². The summed E-state index contributed by atoms with van der Waals surface area (Å²) in [5.41, 5.74) is 2.06. The van der Waals surface area contributed by atoms with Gasteiger partial charge in [0.05, 0.1) is 5.69 Å². The molecule has 1 N–H and O–H groups in total. The highest BCUT2D eigenvalue weighted by Crippen LogP contribution is 2.31. The Morgan fingerprint density at radius 2 is 1.79 bits per heavy atom. The molecular formula is C22H25N3O2S. The van der Waals surface area contributed by atoms with Crippen molar-refractivity contribution in [1.29, 1.82) is 0 Å². The number of nitrogens with one attached hydrogen (secondary N) is 1. The van der Waals surface area contributed by atoms with Gasteiger partial charge < -0.3 is 5.32 Å². The monoisotopic (exact) mass is 395 g/mol. The molecule has 2 aromatic rings. The summed E-state index contributed by atoms with van der Waals surface area (Å²) in [6.07, 6.45) is 1.92. The van der Waals surface area contributed by atoms with Crippen molar-refractivity contribution in [2.24, 2.45) is 4.99 Å². The van der Waals surface area contributed by atoms with Gasteiger partial charge in [-0.3, -0.25) is 14.5 Å². The number of rotatable bonds is 8. The Labute approximate surface area is 170 Å². The fourth-order valence-electron chi connectivity index (χ4n) is 3.07. The number of carbonyl (C=O) groups is 2. The van der Waals surface area contributed by atoms with Gasteiger partial charge in [0.1, 0.15) is 5.25 Å². The van der Waals surface area contributed by atoms with Crippen molar-refractivity contribution in [2.45, 2.75) is 31.4 Å². The third-order valence-corrected chi connectivity index (χ3v) is 5.61. The first-order valence-corrected chi connectivity index (χ1v) is 10.5. The van der Waals surface area contributed by atoms with Gasteiger partial charge in [0.25, 0.3) is 0 Å². The molecule has 1 saturated heterocycles. The molecule has 28 heavy (non-hydrogen) atoms. The van der Waals surface area contributed by atoms with Crippen molar-refractivity contribution in [3.05, 3.63) is 66.2 Å². The van der Waals surface area contributed by atoms with Crippen molar-refractivity contribution in [2.75, 3.05) is 13.1 Å². The lowest BCUT2D eigenvalue weighted by Gasteiger charge is -2.16. The third kappa shape index (κ3) is 5.45. The second kappa shape index (κ2) is 10.1. The highest BCUT2D eigenvalue weighted by Gasteiger charge is 2.38. The Balaban J connectivity index is 1.71. The van der Waals surface area contributed by atoms with Crippen molar-refractivity contribution < 1.29 is 9.59 Å². The molecule has 1 heterocycles. The number of amidine groups is 1. The first kappa shape index (κ1) is 20.1. The van der Waals surface area contributed by atoms with E-state index < -0.39 is 5.25 Å². The smallest absolute Gasteiger partial charge is 0.242 e. The maximum Gasteiger partial charge on any atom is 0.242 e. The zero-order valence-electron chi connectivity index (χ0n) is 16.0. The number of aryl methyl sites for hydroxylation is 1. The third-order valence-electron chi connectivity index (χ3n) is 4.44. The molecule has 146 valence electrons. The Kier molecular flexibility index (Phi) is 7.25. The largest absolute Gasteiger partial charge is 0.356 e. The van der Waals surface area contributed by atoms with Crippen LogP contribution in [-0.4, -0.2) is 40.2 Å². The zero-order chi connectivity index (χ0) is 19.8. The summed E-state index contributed by atoms with van der Waals surface area (Å²) in [4.78, 5) is 31.3. The highest BCUT2D eigenvalue weighted by molar-refractivity contribution is 8.15. The summed E-state index contributed by atoms with van der Waals surface area (Å²) in [6.45, 7) is 3.04. The van der Waals surface area contributed by atoms with E-state index in [1.807, 2.05) is 55.5 Å². The molecule has 0 aliphatic carbocycles. The molecule has 2 amide bonds. The van der Waals surface area contributed by atoms with Crippen LogP contribution in [0.3, 0.4) is 0 Å². The van der Waals surface area contributed by atoms with Crippen LogP contribution in [0.25, 0.3) is 0 Å². The molecule has 1 aliphatic heterocycles. The van der Waals surface area contributed by atoms with Crippen LogP contribution in [0, 0.1) is 0 Å². The number of carbonyl (C=O) groups excluding carboxylic acids is 2. The SMILES string of the molecule is CCNC(=O)C[C@H]1SC(=Nc2ccccc2)N(CCCc2ccccc2)C1=O. The minimum atomic E-state index is -0.411. The Morgan fingerprint density at radius 1 is 1.11 bits per heavy atom. The number of hydrogen-bond acceptors (Lipinski definition) is 4. The van der Waals surface area contributed by atoms with E-state index in [9.17, 15) is 9.59 Å². The van der Waals surface area contributed by atoms with Crippen LogP contribution in [0.15, 0.2) is 65.7 Å². The quantitative estimate of drug-likeness (QED) is 0.740. The van der Waals surface area contributed by atoms with E-state index in [-0.39, 0.29) is 18.2 Å². The summed E-state index contributed by atoms with van der Waals surface area (Å²) in [6, 6.07) is 19.9. The van der Waals surface area contributed by atoms with E-state index in [1.54, 1.807) is 4.90 Å². The molecule has 0 radical (unpaired) electrons. The van der Waals surface area contributed by atoms with Gasteiger partial charge in [0.15, 0.2) is 5.17 Å². The second-order valence-corrected chi connectivity index (χ2v) is 7.74. The van der Waals surface area contributed by atoms with Crippen molar-refractivity contribution in [3.63, 3.8) is 0 Å². The molecule has 0 bridgehead atoms. The Hall–Kier alpha value is -2.60. The predicted molar refractivity (Wildman–Crippen MR) is 115 cm³/mol. The van der Waals surface area contributed by atoms with Gasteiger partial charge in [-0.15, -0.1) is 0 Å². The number of benzene rings is 2. The van der Waals surface area contributed by atoms with Gasteiger partial charge in [0, 0.05) is 19.5 Å². The van der Waals surface area contributed by atoms with Gasteiger partial charge in [-0.1, -0.05) is 60.3 Å². The molecule has 5 nitrogen and oxygen atoms in total. The van der Waals surface area contributed by atoms with Gasteiger partial charge in [-0.25, -0.2) is 4.99 Å². The highest BCUT2D eigenvalue weighted by atomic mass is 32.2. The summed E-state index contributed by atoms with van der Waals surface area (Å²) in [5, 5.41) is 3.04. The number of amides is 2. The maximum absolute atomic E-state index is 12.9. The summed E-state index contributed by atoms with van der Waals surface area (Å²) in [7, 11) is 0. The maximum atomic E-state index is 12.9. The number of hydrogen-bond donors (Lipinski definition) is 1. The Bertz CT molecular complexity index is 824. The van der Waals surface area contributed by atoms with Gasteiger partial charge >= 0.3 is 0 Å². The number of thioether (sulfide) groups is 1. The number of para-hydroxylation sites is 1. The molecule has 1 fully saturated rings. The van der Waals surface area contributed by atoms with E-state index in [1.165, 1.54) is 17.3 Å². The van der Waals surface area contributed by atoms with Crippen molar-refractivity contribution >= 4 is 34.4 Å². The molecule has 0 spiro atoms. The normalized spacial score (nSPS) is 17.9. The predicted octanol–water partition coefficient (Wildman–Crippen LogP) is 3.78. The van der Waals surface area contributed by atoms with E-state index in [0.717, 1.165) is 18.5 Å². The molecule has 6 heteroatoms. The lowest BCUT2D eigenvalue weighted by molar-refractivity contribution is -0.129. The van der Waals surface area contributed by atoms with Crippen molar-refractivity contribution in [3.8, 4) is 0 Å². The van der Waals surface area contributed by atoms with Gasteiger partial charge in [-0.2, -0.15) is 0 Å². The van der Waals surface area contributed by atoms with E-state index in [0.29, 0.717) is 18.3 Å². The summed E-state index contributed by atoms with van der Waals surface area (Å²) in [5.74, 6) is -0.127. The molecule has 0 saturated carbocycles. The van der Waals surface area contributed by atoms with E-state index in [2.05, 4.69) is 22.4 Å². The molecule has 0 aromatic heterocycles. The molecule has 3 rings (SSSR count). The lowest BCUT2D eigenvalue weighted by Crippen LogP contribution is -2.35. The molecule has 2 aromatic carbocycles. The standard InChI is InChI=1S/C22H25N3O2S/c1-2-23-20(26)16-19-21(27)25(15-9-12-17-10-5-3-6-11-17)22(28-19)24-18-13-7-4-8-14-18/h3-8,10-11,13-14,19H,2,9,12,15-16H2,1H3,(H,23,26)/t19-/m1/s1. The van der Waals surface area contributed by atoms with Crippen molar-refractivity contribution in [1.82, 2.24) is 10.2 Å². The number of nitrogens with zero attached hydrogens (tertiary/aromatic N) is 2. The second-order valence-electron chi connectivity index (χ2n) is 6.57. The van der Waals surface area contributed by atoms with Crippen LogP contribution in [-0.2, 0) is 16.0 Å². The summed E-state index contributed by atoms with van der Waals surface area (Å²) >= 11 is 1.39. The fourth-order valence-corrected chi connectivity index (χ4v) is 4.25. The minimum Gasteiger partial charge on any atom is -0.356 e. The zero-order valence-corrected chi connectivity index (χ0v) is 16.8. The van der Waals surface area contributed by atoms with Crippen LogP contribution in [0.5, 0.6) is 0 Å². The molecule has 1 atom stereocenters. The van der Waals surface area contributed by atoms with Gasteiger partial charge in [-0.05, 0) is 37.5 Å². The minimum absolute atomic E-state index is 0.0287. The fraction of sp³-hybridized carbons (Fsp3) is 0.318. The van der Waals surface area contributed by atoms with Crippen LogP contribution in [0.1, 0.15) is 25.3 Å². The van der Waals surface area contributed by atoms with Crippen LogP contribution < -0.4 is 5.32 Å². The molecular weight excluding hydrogens is 370 g/mol. The molecule has 1 aliphatic rings. The topological polar surface area (TPSA) is 61.8 Å². The first-order valence-electron chi connectivity index (χ1n) is 9.59. The average Bonchev–Trinajstić information content (AvgIpc) is 2.98. The number of aliphatic imine (C=N–C) groups is 1. The average molecular weight is 396 g/mol. The Morgan fingerprint density at radius 3 is 2.46 bits per heavy atom.